The van der Waals surface area contributed by atoms with Crippen molar-refractivity contribution in [2.45, 2.75) is 75.4 Å². The van der Waals surface area contributed by atoms with Gasteiger partial charge in [0.05, 0.1) is 18.0 Å². The van der Waals surface area contributed by atoms with Gasteiger partial charge in [0, 0.05) is 42.5 Å². The number of thioether (sulfide) groups is 1. The number of hydrogen-bond acceptors (Lipinski definition) is 5. The van der Waals surface area contributed by atoms with Gasteiger partial charge in [-0.05, 0) is 31.5 Å². The molecule has 1 saturated heterocycles. The van der Waals surface area contributed by atoms with Gasteiger partial charge in [0.15, 0.2) is 5.16 Å². The van der Waals surface area contributed by atoms with Crippen LogP contribution in [0.4, 0.5) is 8.78 Å². The quantitative estimate of drug-likeness (QED) is 0.742. The summed E-state index contributed by atoms with van der Waals surface area (Å²) in [6.45, 7) is 9.42. The van der Waals surface area contributed by atoms with Gasteiger partial charge in [-0.15, -0.1) is 0 Å². The predicted molar refractivity (Wildman–Crippen MR) is 110 cm³/mol. The van der Waals surface area contributed by atoms with Gasteiger partial charge in [0.2, 0.25) is 0 Å². The second-order valence-corrected chi connectivity index (χ2v) is 9.62. The normalized spacial score (nSPS) is 25.0. The molecule has 5 nitrogen and oxygen atoms in total. The SMILES string of the molecule is CCn1c(SC(C)C)nc2c1CN(C1CO[C@H](c3cc(F)ccc3F)C(N)C1)C2. The molecule has 2 aliphatic heterocycles. The van der Waals surface area contributed by atoms with Crippen molar-refractivity contribution < 1.29 is 13.5 Å². The van der Waals surface area contributed by atoms with Gasteiger partial charge in [-0.25, -0.2) is 13.8 Å². The predicted octanol–water partition coefficient (Wildman–Crippen LogP) is 3.85. The summed E-state index contributed by atoms with van der Waals surface area (Å²) in [6.07, 6.45) is 0.0496. The summed E-state index contributed by atoms with van der Waals surface area (Å²) in [4.78, 5) is 7.21. The summed E-state index contributed by atoms with van der Waals surface area (Å²) >= 11 is 1.79. The molecule has 1 aromatic carbocycles. The van der Waals surface area contributed by atoms with Crippen molar-refractivity contribution in [2.75, 3.05) is 6.61 Å². The molecule has 0 radical (unpaired) electrons. The van der Waals surface area contributed by atoms with E-state index in [9.17, 15) is 8.78 Å². The molecule has 0 saturated carbocycles. The second kappa shape index (κ2) is 8.34. The Morgan fingerprint density at radius 2 is 2.10 bits per heavy atom. The highest BCUT2D eigenvalue weighted by molar-refractivity contribution is 7.99. The van der Waals surface area contributed by atoms with Crippen molar-refractivity contribution in [3.05, 3.63) is 46.8 Å². The maximum Gasteiger partial charge on any atom is 0.168 e. The highest BCUT2D eigenvalue weighted by atomic mass is 32.2. The average Bonchev–Trinajstić information content (AvgIpc) is 3.20. The molecular weight excluding hydrogens is 394 g/mol. The molecule has 4 rings (SSSR count). The van der Waals surface area contributed by atoms with Gasteiger partial charge < -0.3 is 15.0 Å². The molecule has 8 heteroatoms. The highest BCUT2D eigenvalue weighted by Gasteiger charge is 2.38. The lowest BCUT2D eigenvalue weighted by Gasteiger charge is -2.38. The fraction of sp³-hybridized carbons (Fsp3) is 0.571. The summed E-state index contributed by atoms with van der Waals surface area (Å²) < 4.78 is 36.0. The number of nitrogens with zero attached hydrogens (tertiary/aromatic N) is 3. The Morgan fingerprint density at radius 3 is 2.79 bits per heavy atom. The van der Waals surface area contributed by atoms with E-state index in [1.54, 1.807) is 11.8 Å². The van der Waals surface area contributed by atoms with Crippen molar-refractivity contribution in [3.8, 4) is 0 Å². The number of aromatic nitrogens is 2. The zero-order valence-corrected chi connectivity index (χ0v) is 17.9. The lowest BCUT2D eigenvalue weighted by molar-refractivity contribution is -0.0535. The minimum atomic E-state index is -0.622. The Balaban J connectivity index is 1.45. The fourth-order valence-electron chi connectivity index (χ4n) is 4.29. The van der Waals surface area contributed by atoms with Gasteiger partial charge >= 0.3 is 0 Å². The smallest absolute Gasteiger partial charge is 0.168 e. The minimum absolute atomic E-state index is 0.138. The summed E-state index contributed by atoms with van der Waals surface area (Å²) in [5.41, 5.74) is 8.94. The number of fused-ring (bicyclic) bond motifs is 1. The average molecular weight is 423 g/mol. The molecule has 2 N–H and O–H groups in total. The summed E-state index contributed by atoms with van der Waals surface area (Å²) in [6, 6.07) is 3.18. The zero-order valence-electron chi connectivity index (χ0n) is 17.1. The van der Waals surface area contributed by atoms with Crippen molar-refractivity contribution in [1.82, 2.24) is 14.5 Å². The molecule has 1 aromatic heterocycles. The van der Waals surface area contributed by atoms with Crippen molar-refractivity contribution in [3.63, 3.8) is 0 Å². The third-order valence-corrected chi connectivity index (χ3v) is 6.66. The van der Waals surface area contributed by atoms with Crippen LogP contribution in [0.3, 0.4) is 0 Å². The van der Waals surface area contributed by atoms with Crippen molar-refractivity contribution in [2.24, 2.45) is 5.73 Å². The van der Waals surface area contributed by atoms with E-state index < -0.39 is 23.8 Å². The number of ether oxygens (including phenoxy) is 1. The molecule has 0 bridgehead atoms. The monoisotopic (exact) mass is 422 g/mol. The summed E-state index contributed by atoms with van der Waals surface area (Å²) in [5, 5.41) is 1.58. The molecule has 158 valence electrons. The molecule has 2 aliphatic rings. The number of benzene rings is 1. The first kappa shape index (κ1) is 20.8. The van der Waals surface area contributed by atoms with Crippen LogP contribution in [-0.4, -0.2) is 38.4 Å². The van der Waals surface area contributed by atoms with Crippen LogP contribution in [0, 0.1) is 11.6 Å². The van der Waals surface area contributed by atoms with Crippen molar-refractivity contribution >= 4 is 11.8 Å². The molecule has 0 amide bonds. The van der Waals surface area contributed by atoms with E-state index in [1.807, 2.05) is 0 Å². The number of rotatable bonds is 5. The number of imidazole rings is 1. The van der Waals surface area contributed by atoms with Gasteiger partial charge in [0.1, 0.15) is 17.7 Å². The fourth-order valence-corrected chi connectivity index (χ4v) is 5.24. The van der Waals surface area contributed by atoms with Crippen LogP contribution < -0.4 is 5.73 Å². The number of hydrogen-bond donors (Lipinski definition) is 1. The lowest BCUT2D eigenvalue weighted by atomic mass is 9.93. The lowest BCUT2D eigenvalue weighted by Crippen LogP contribution is -2.47. The number of halogens is 2. The summed E-state index contributed by atoms with van der Waals surface area (Å²) in [5.74, 6) is -0.956. The van der Waals surface area contributed by atoms with Gasteiger partial charge in [-0.3, -0.25) is 4.90 Å². The Hall–Kier alpha value is -1.48. The number of nitrogens with two attached hydrogens (primary N) is 1. The Labute approximate surface area is 174 Å². The second-order valence-electron chi connectivity index (χ2n) is 8.08. The van der Waals surface area contributed by atoms with E-state index in [2.05, 4.69) is 30.2 Å². The van der Waals surface area contributed by atoms with Crippen LogP contribution in [0.1, 0.15) is 50.2 Å². The Bertz CT molecular complexity index is 888. The molecule has 2 unspecified atom stereocenters. The molecular formula is C21H28F2N4OS. The topological polar surface area (TPSA) is 56.3 Å². The largest absolute Gasteiger partial charge is 0.370 e. The van der Waals surface area contributed by atoms with E-state index in [-0.39, 0.29) is 11.6 Å². The zero-order chi connectivity index (χ0) is 20.7. The van der Waals surface area contributed by atoms with Gasteiger partial charge in [-0.1, -0.05) is 25.6 Å². The molecule has 29 heavy (non-hydrogen) atoms. The summed E-state index contributed by atoms with van der Waals surface area (Å²) in [7, 11) is 0. The molecule has 0 aliphatic carbocycles. The maximum atomic E-state index is 14.1. The first-order chi connectivity index (χ1) is 13.9. The van der Waals surface area contributed by atoms with Gasteiger partial charge in [0.25, 0.3) is 0 Å². The molecule has 0 spiro atoms. The Kier molecular flexibility index (Phi) is 5.97. The van der Waals surface area contributed by atoms with Crippen LogP contribution in [-0.2, 0) is 24.4 Å². The molecule has 3 atom stereocenters. The van der Waals surface area contributed by atoms with E-state index in [1.165, 1.54) is 11.8 Å². The molecule has 2 aromatic rings. The van der Waals surface area contributed by atoms with Crippen LogP contribution in [0.5, 0.6) is 0 Å². The Morgan fingerprint density at radius 1 is 1.31 bits per heavy atom. The van der Waals surface area contributed by atoms with E-state index in [4.69, 9.17) is 15.5 Å². The first-order valence-electron chi connectivity index (χ1n) is 10.2. The van der Waals surface area contributed by atoms with Gasteiger partial charge in [-0.2, -0.15) is 0 Å². The van der Waals surface area contributed by atoms with Crippen LogP contribution >= 0.6 is 11.8 Å². The highest BCUT2D eigenvalue weighted by Crippen LogP contribution is 2.36. The third-order valence-electron chi connectivity index (χ3n) is 5.67. The third kappa shape index (κ3) is 4.08. The maximum absolute atomic E-state index is 14.1. The van der Waals surface area contributed by atoms with E-state index >= 15 is 0 Å². The minimum Gasteiger partial charge on any atom is -0.370 e. The van der Waals surface area contributed by atoms with E-state index in [0.717, 1.165) is 42.6 Å². The standard InChI is InChI=1S/C21H28F2N4OS/c1-4-27-19-10-26(9-18(19)25-21(27)29-12(2)3)14-8-17(24)20(28-11-14)15-7-13(22)5-6-16(15)23/h5-7,12,14,17,20H,4,8-11,24H2,1-3H3/t14?,17?,20-/m1/s1. The molecule has 3 heterocycles. The van der Waals surface area contributed by atoms with Crippen molar-refractivity contribution in [1.29, 1.82) is 0 Å². The first-order valence-corrected chi connectivity index (χ1v) is 11.1. The van der Waals surface area contributed by atoms with Crippen LogP contribution in [0.15, 0.2) is 23.4 Å². The van der Waals surface area contributed by atoms with E-state index in [0.29, 0.717) is 18.3 Å². The molecule has 1 fully saturated rings. The van der Waals surface area contributed by atoms with Crippen LogP contribution in [0.25, 0.3) is 0 Å². The van der Waals surface area contributed by atoms with Crippen LogP contribution in [0.2, 0.25) is 0 Å².